The van der Waals surface area contributed by atoms with Crippen LogP contribution in [-0.4, -0.2) is 69.0 Å². The number of aromatic nitrogens is 5. The van der Waals surface area contributed by atoms with E-state index in [1.54, 1.807) is 10.7 Å². The van der Waals surface area contributed by atoms with Gasteiger partial charge in [-0.3, -0.25) is 9.69 Å². The number of rotatable bonds is 6. The zero-order valence-corrected chi connectivity index (χ0v) is 21.7. The van der Waals surface area contributed by atoms with E-state index in [1.807, 2.05) is 25.1 Å². The first-order chi connectivity index (χ1) is 18.5. The molecule has 0 saturated carbocycles. The van der Waals surface area contributed by atoms with Crippen molar-refractivity contribution in [2.24, 2.45) is 0 Å². The third-order valence-electron chi connectivity index (χ3n) is 7.69. The summed E-state index contributed by atoms with van der Waals surface area (Å²) < 4.78 is 22.1. The fourth-order valence-electron chi connectivity index (χ4n) is 5.85. The van der Waals surface area contributed by atoms with Crippen LogP contribution in [0.4, 0.5) is 10.1 Å². The van der Waals surface area contributed by atoms with Crippen LogP contribution in [0.5, 0.6) is 0 Å². The molecule has 0 radical (unpaired) electrons. The van der Waals surface area contributed by atoms with Gasteiger partial charge in [-0.1, -0.05) is 23.8 Å². The maximum atomic E-state index is 14.5. The average molecular weight is 518 g/mol. The van der Waals surface area contributed by atoms with Gasteiger partial charge in [0.05, 0.1) is 23.9 Å². The van der Waals surface area contributed by atoms with E-state index >= 15 is 0 Å². The van der Waals surface area contributed by atoms with Crippen LogP contribution in [0.3, 0.4) is 0 Å². The molecule has 2 saturated heterocycles. The third kappa shape index (κ3) is 4.69. The number of benzene rings is 2. The molecule has 0 spiro atoms. The molecule has 198 valence electrons. The van der Waals surface area contributed by atoms with Gasteiger partial charge < -0.3 is 14.6 Å². The molecule has 0 aliphatic carbocycles. The molecule has 0 unspecified atom stereocenters. The number of anilines is 1. The van der Waals surface area contributed by atoms with Crippen LogP contribution in [0.15, 0.2) is 47.3 Å². The van der Waals surface area contributed by atoms with Gasteiger partial charge in [0.1, 0.15) is 11.9 Å². The molecule has 4 heterocycles. The van der Waals surface area contributed by atoms with Gasteiger partial charge >= 0.3 is 0 Å². The van der Waals surface area contributed by atoms with E-state index in [-0.39, 0.29) is 17.5 Å². The van der Waals surface area contributed by atoms with Crippen molar-refractivity contribution in [3.63, 3.8) is 0 Å². The topological polar surface area (TPSA) is 92.2 Å². The lowest BCUT2D eigenvalue weighted by atomic mass is 10.00. The number of aromatic amines is 1. The predicted octanol–water partition coefficient (Wildman–Crippen LogP) is 3.36. The number of aryl methyl sites for hydroxylation is 2. The maximum Gasteiger partial charge on any atom is 0.253 e. The first-order valence-corrected chi connectivity index (χ1v) is 13.2. The molecule has 6 rings (SSSR count). The number of H-pyrrole nitrogens is 1. The quantitative estimate of drug-likeness (QED) is 0.419. The van der Waals surface area contributed by atoms with Gasteiger partial charge in [0.2, 0.25) is 0 Å². The van der Waals surface area contributed by atoms with Crippen molar-refractivity contribution < 1.29 is 9.13 Å². The van der Waals surface area contributed by atoms with Gasteiger partial charge in [-0.15, -0.1) is 5.10 Å². The van der Waals surface area contributed by atoms with E-state index < -0.39 is 6.04 Å². The van der Waals surface area contributed by atoms with Crippen LogP contribution < -0.4 is 10.5 Å². The summed E-state index contributed by atoms with van der Waals surface area (Å²) in [4.78, 5) is 21.0. The molecule has 38 heavy (non-hydrogen) atoms. The molecule has 1 N–H and O–H groups in total. The van der Waals surface area contributed by atoms with Crippen LogP contribution in [0.1, 0.15) is 41.4 Å². The molecule has 0 amide bonds. The van der Waals surface area contributed by atoms with Gasteiger partial charge in [0.15, 0.2) is 5.82 Å². The van der Waals surface area contributed by atoms with E-state index in [4.69, 9.17) is 4.74 Å². The van der Waals surface area contributed by atoms with E-state index in [1.165, 1.54) is 6.07 Å². The Kier molecular flexibility index (Phi) is 6.67. The summed E-state index contributed by atoms with van der Waals surface area (Å²) in [5.41, 5.74) is 4.05. The molecule has 2 aliphatic heterocycles. The summed E-state index contributed by atoms with van der Waals surface area (Å²) in [6.07, 6.45) is 2.03. The molecular weight excluding hydrogens is 485 g/mol. The highest BCUT2D eigenvalue weighted by molar-refractivity contribution is 5.83. The third-order valence-corrected chi connectivity index (χ3v) is 7.69. The van der Waals surface area contributed by atoms with Crippen LogP contribution in [-0.2, 0) is 11.3 Å². The molecule has 2 atom stereocenters. The molecule has 2 aliphatic rings. The van der Waals surface area contributed by atoms with Crippen molar-refractivity contribution >= 4 is 16.6 Å². The predicted molar refractivity (Wildman–Crippen MR) is 143 cm³/mol. The minimum absolute atomic E-state index is 0.0518. The summed E-state index contributed by atoms with van der Waals surface area (Å²) >= 11 is 0. The Morgan fingerprint density at radius 1 is 1.13 bits per heavy atom. The zero-order chi connectivity index (χ0) is 26.2. The molecule has 2 fully saturated rings. The summed E-state index contributed by atoms with van der Waals surface area (Å²) in [5, 5.41) is 13.7. The normalized spacial score (nSPS) is 19.3. The highest BCUT2D eigenvalue weighted by Gasteiger charge is 2.34. The second-order valence-corrected chi connectivity index (χ2v) is 10.3. The van der Waals surface area contributed by atoms with Crippen molar-refractivity contribution in [3.8, 4) is 0 Å². The van der Waals surface area contributed by atoms with Gasteiger partial charge in [-0.2, -0.15) is 0 Å². The average Bonchev–Trinajstić information content (AvgIpc) is 3.59. The molecular formula is C28H32FN7O2. The summed E-state index contributed by atoms with van der Waals surface area (Å²) in [6, 6.07) is 12.5. The summed E-state index contributed by atoms with van der Waals surface area (Å²) in [7, 11) is 0. The molecule has 0 bridgehead atoms. The number of pyridine rings is 1. The minimum atomic E-state index is -0.455. The summed E-state index contributed by atoms with van der Waals surface area (Å²) in [6.45, 7) is 7.82. The van der Waals surface area contributed by atoms with Crippen LogP contribution in [0.2, 0.25) is 0 Å². The molecule has 2 aromatic heterocycles. The Bertz CT molecular complexity index is 1500. The van der Waals surface area contributed by atoms with Crippen molar-refractivity contribution in [1.29, 1.82) is 0 Å². The highest BCUT2D eigenvalue weighted by Crippen LogP contribution is 2.30. The monoisotopic (exact) mass is 517 g/mol. The Balaban J connectivity index is 1.39. The van der Waals surface area contributed by atoms with Crippen LogP contribution >= 0.6 is 0 Å². The molecule has 9 nitrogen and oxygen atoms in total. The van der Waals surface area contributed by atoms with Gasteiger partial charge in [0.25, 0.3) is 5.56 Å². The van der Waals surface area contributed by atoms with E-state index in [9.17, 15) is 9.18 Å². The smallest absolute Gasteiger partial charge is 0.253 e. The minimum Gasteiger partial charge on any atom is -0.376 e. The summed E-state index contributed by atoms with van der Waals surface area (Å²) in [5.74, 6) is 0.392. The van der Waals surface area contributed by atoms with Crippen LogP contribution in [0.25, 0.3) is 10.9 Å². The molecule has 2 aromatic carbocycles. The van der Waals surface area contributed by atoms with Gasteiger partial charge in [-0.25, -0.2) is 9.07 Å². The Morgan fingerprint density at radius 3 is 2.71 bits per heavy atom. The first-order valence-electron chi connectivity index (χ1n) is 13.2. The lowest BCUT2D eigenvalue weighted by Crippen LogP contribution is -2.49. The largest absolute Gasteiger partial charge is 0.376 e. The number of ether oxygens (including phenoxy) is 1. The van der Waals surface area contributed by atoms with Crippen LogP contribution in [0, 0.1) is 19.7 Å². The lowest BCUT2D eigenvalue weighted by Gasteiger charge is -2.39. The van der Waals surface area contributed by atoms with E-state index in [2.05, 4.69) is 49.4 Å². The zero-order valence-electron chi connectivity index (χ0n) is 21.7. The lowest BCUT2D eigenvalue weighted by molar-refractivity contribution is 0.0906. The Labute approximate surface area is 220 Å². The van der Waals surface area contributed by atoms with Crippen molar-refractivity contribution in [3.05, 3.63) is 81.2 Å². The van der Waals surface area contributed by atoms with Gasteiger partial charge in [0, 0.05) is 38.3 Å². The first kappa shape index (κ1) is 24.7. The fourth-order valence-corrected chi connectivity index (χ4v) is 5.85. The number of nitrogens with one attached hydrogen (secondary N) is 1. The maximum absolute atomic E-state index is 14.5. The standard InChI is InChI=1S/C28H32FN7O2/c1-18-14-19(2)25-20(15-18)16-22(28(37)30-25)26(27-31-32-33-36(27)17-21-6-5-13-38-21)35-11-9-34(10-12-35)24-8-4-3-7-23(24)29/h3-4,7-8,14-16,21,26H,5-6,9-13,17H2,1-2H3,(H,30,37)/t21-,26-/m0/s1. The van der Waals surface area contributed by atoms with Gasteiger partial charge in [-0.05, 0) is 72.3 Å². The second-order valence-electron chi connectivity index (χ2n) is 10.3. The van der Waals surface area contributed by atoms with Crippen molar-refractivity contribution in [1.82, 2.24) is 30.1 Å². The number of tetrazole rings is 1. The highest BCUT2D eigenvalue weighted by atomic mass is 19.1. The number of nitrogens with zero attached hydrogens (tertiary/aromatic N) is 6. The number of piperazine rings is 1. The fraction of sp³-hybridized carbons (Fsp3) is 0.429. The number of halogens is 1. The number of fused-ring (bicyclic) bond motifs is 1. The number of hydrogen-bond donors (Lipinski definition) is 1. The van der Waals surface area contributed by atoms with Crippen molar-refractivity contribution in [2.45, 2.75) is 45.4 Å². The van der Waals surface area contributed by atoms with Crippen molar-refractivity contribution in [2.75, 3.05) is 37.7 Å². The van der Waals surface area contributed by atoms with E-state index in [0.717, 1.165) is 41.5 Å². The Morgan fingerprint density at radius 2 is 1.95 bits per heavy atom. The SMILES string of the molecule is Cc1cc(C)c2[nH]c(=O)c([C@@H](c3nnnn3C[C@@H]3CCCO3)N3CCN(c4ccccc4F)CC3)cc2c1. The molecule has 10 heteroatoms. The number of para-hydroxylation sites is 1. The molecule has 4 aromatic rings. The second kappa shape index (κ2) is 10.3. The number of hydrogen-bond acceptors (Lipinski definition) is 7. The Hall–Kier alpha value is -3.63. The van der Waals surface area contributed by atoms with E-state index in [0.29, 0.717) is 49.8 Å².